The summed E-state index contributed by atoms with van der Waals surface area (Å²) in [6.45, 7) is 2.24. The average molecular weight is 395 g/mol. The van der Waals surface area contributed by atoms with E-state index in [1.165, 1.54) is 54.5 Å². The monoisotopic (exact) mass is 394 g/mol. The van der Waals surface area contributed by atoms with E-state index in [0.717, 1.165) is 12.8 Å². The lowest BCUT2D eigenvalue weighted by Crippen LogP contribution is -2.17. The first-order chi connectivity index (χ1) is 14.0. The predicted molar refractivity (Wildman–Crippen MR) is 126 cm³/mol. The van der Waals surface area contributed by atoms with Gasteiger partial charge in [-0.15, -0.1) is 0 Å². The quantitative estimate of drug-likeness (QED) is 0.320. The van der Waals surface area contributed by atoms with Crippen molar-refractivity contribution in [3.05, 3.63) is 59.7 Å². The second-order valence-electron chi connectivity index (χ2n) is 8.45. The van der Waals surface area contributed by atoms with E-state index in [4.69, 9.17) is 0 Å². The van der Waals surface area contributed by atoms with Crippen molar-refractivity contribution in [2.24, 2.45) is 5.92 Å². The van der Waals surface area contributed by atoms with Gasteiger partial charge < -0.3 is 14.6 Å². The molecule has 2 rings (SSSR count). The van der Waals surface area contributed by atoms with Crippen molar-refractivity contribution in [3.63, 3.8) is 0 Å². The molecule has 1 atom stereocenters. The molecule has 0 heterocycles. The summed E-state index contributed by atoms with van der Waals surface area (Å²) in [5.41, 5.74) is 4.80. The van der Waals surface area contributed by atoms with E-state index < -0.39 is 0 Å². The minimum absolute atomic E-state index is 0.00652. The van der Waals surface area contributed by atoms with Crippen LogP contribution in [0.5, 0.6) is 0 Å². The summed E-state index contributed by atoms with van der Waals surface area (Å²) in [6, 6.07) is 17.4. The number of aldehydes is 1. The molecule has 1 unspecified atom stereocenters. The SMILES string of the molecule is CCCCCCCC(C=O)C(c1ccc(N(C)C)cc1)c1ccc(N(C)C)cc1. The van der Waals surface area contributed by atoms with Gasteiger partial charge in [-0.1, -0.05) is 63.3 Å². The summed E-state index contributed by atoms with van der Waals surface area (Å²) in [4.78, 5) is 16.4. The highest BCUT2D eigenvalue weighted by molar-refractivity contribution is 5.60. The highest BCUT2D eigenvalue weighted by Crippen LogP contribution is 2.35. The molecule has 158 valence electrons. The summed E-state index contributed by atoms with van der Waals surface area (Å²) < 4.78 is 0. The molecule has 2 aromatic carbocycles. The second-order valence-corrected chi connectivity index (χ2v) is 8.45. The standard InChI is InChI=1S/C26H38N2O/c1-6-7-8-9-10-11-23(20-29)26(21-12-16-24(17-13-21)27(2)3)22-14-18-25(19-15-22)28(4)5/h12-20,23,26H,6-11H2,1-5H3. The second kappa shape index (κ2) is 11.6. The van der Waals surface area contributed by atoms with Crippen LogP contribution in [0.2, 0.25) is 0 Å². The summed E-state index contributed by atoms with van der Waals surface area (Å²) in [7, 11) is 8.21. The summed E-state index contributed by atoms with van der Waals surface area (Å²) in [5.74, 6) is 0.109. The van der Waals surface area contributed by atoms with Crippen molar-refractivity contribution in [2.75, 3.05) is 38.0 Å². The Balaban J connectivity index is 2.29. The minimum atomic E-state index is 0.00652. The van der Waals surface area contributed by atoms with Gasteiger partial charge in [0.1, 0.15) is 6.29 Å². The van der Waals surface area contributed by atoms with Gasteiger partial charge in [-0.2, -0.15) is 0 Å². The smallest absolute Gasteiger partial charge is 0.124 e. The molecule has 0 radical (unpaired) electrons. The molecule has 0 aliphatic rings. The molecule has 0 spiro atoms. The Morgan fingerprint density at radius 2 is 1.17 bits per heavy atom. The fraction of sp³-hybridized carbons (Fsp3) is 0.500. The van der Waals surface area contributed by atoms with Crippen LogP contribution in [0, 0.1) is 5.92 Å². The van der Waals surface area contributed by atoms with Gasteiger partial charge in [-0.05, 0) is 41.8 Å². The number of nitrogens with zero attached hydrogens (tertiary/aromatic N) is 2. The van der Waals surface area contributed by atoms with Gasteiger partial charge in [0.2, 0.25) is 0 Å². The molecular formula is C26H38N2O. The number of hydrogen-bond acceptors (Lipinski definition) is 3. The zero-order valence-corrected chi connectivity index (χ0v) is 18.9. The van der Waals surface area contributed by atoms with E-state index in [-0.39, 0.29) is 11.8 Å². The van der Waals surface area contributed by atoms with Crippen molar-refractivity contribution in [1.82, 2.24) is 0 Å². The van der Waals surface area contributed by atoms with Gasteiger partial charge in [-0.25, -0.2) is 0 Å². The predicted octanol–water partition coefficient (Wildman–Crippen LogP) is 6.13. The van der Waals surface area contributed by atoms with Crippen LogP contribution in [-0.4, -0.2) is 34.5 Å². The number of carbonyl (C=O) groups excluding carboxylic acids is 1. The van der Waals surface area contributed by atoms with Crippen molar-refractivity contribution in [2.45, 2.75) is 51.4 Å². The highest BCUT2D eigenvalue weighted by atomic mass is 16.1. The van der Waals surface area contributed by atoms with Crippen LogP contribution in [0.15, 0.2) is 48.5 Å². The van der Waals surface area contributed by atoms with E-state index in [1.54, 1.807) is 0 Å². The largest absolute Gasteiger partial charge is 0.378 e. The topological polar surface area (TPSA) is 23.6 Å². The van der Waals surface area contributed by atoms with Crippen molar-refractivity contribution in [3.8, 4) is 0 Å². The van der Waals surface area contributed by atoms with Crippen LogP contribution in [0.1, 0.15) is 62.5 Å². The fourth-order valence-corrected chi connectivity index (χ4v) is 3.94. The summed E-state index contributed by atoms with van der Waals surface area (Å²) in [5, 5.41) is 0. The lowest BCUT2D eigenvalue weighted by molar-refractivity contribution is -0.111. The zero-order valence-electron chi connectivity index (χ0n) is 18.9. The Kier molecular flexibility index (Phi) is 9.24. The molecule has 2 aromatic rings. The Morgan fingerprint density at radius 1 is 0.724 bits per heavy atom. The fourth-order valence-electron chi connectivity index (χ4n) is 3.94. The molecule has 3 heteroatoms. The van der Waals surface area contributed by atoms with Gasteiger partial charge in [0.25, 0.3) is 0 Å². The van der Waals surface area contributed by atoms with Crippen LogP contribution in [0.4, 0.5) is 11.4 Å². The van der Waals surface area contributed by atoms with E-state index in [9.17, 15) is 4.79 Å². The third-order valence-corrected chi connectivity index (χ3v) is 5.78. The van der Waals surface area contributed by atoms with Crippen LogP contribution in [0.25, 0.3) is 0 Å². The molecule has 0 N–H and O–H groups in total. The Hall–Kier alpha value is -2.29. The molecular weight excluding hydrogens is 356 g/mol. The maximum atomic E-state index is 12.1. The first-order valence-corrected chi connectivity index (χ1v) is 11.0. The lowest BCUT2D eigenvalue weighted by Gasteiger charge is -2.26. The van der Waals surface area contributed by atoms with Gasteiger partial charge in [0, 0.05) is 51.4 Å². The lowest BCUT2D eigenvalue weighted by atomic mass is 9.79. The molecule has 0 amide bonds. The third-order valence-electron chi connectivity index (χ3n) is 5.78. The van der Waals surface area contributed by atoms with Crippen LogP contribution in [-0.2, 0) is 4.79 Å². The average Bonchev–Trinajstić information content (AvgIpc) is 2.73. The molecule has 3 nitrogen and oxygen atoms in total. The van der Waals surface area contributed by atoms with E-state index >= 15 is 0 Å². The molecule has 0 bridgehead atoms. The number of rotatable bonds is 12. The number of anilines is 2. The van der Waals surface area contributed by atoms with Gasteiger partial charge in [0.05, 0.1) is 0 Å². The highest BCUT2D eigenvalue weighted by Gasteiger charge is 2.24. The maximum Gasteiger partial charge on any atom is 0.124 e. The third kappa shape index (κ3) is 6.62. The summed E-state index contributed by atoms with van der Waals surface area (Å²) in [6.07, 6.45) is 8.26. The first-order valence-electron chi connectivity index (χ1n) is 11.0. The molecule has 0 saturated carbocycles. The molecule has 0 aromatic heterocycles. The number of benzene rings is 2. The van der Waals surface area contributed by atoms with Crippen molar-refractivity contribution < 1.29 is 4.79 Å². The van der Waals surface area contributed by atoms with Gasteiger partial charge >= 0.3 is 0 Å². The molecule has 0 saturated heterocycles. The maximum absolute atomic E-state index is 12.1. The van der Waals surface area contributed by atoms with Crippen LogP contribution >= 0.6 is 0 Å². The van der Waals surface area contributed by atoms with E-state index in [0.29, 0.717) is 0 Å². The van der Waals surface area contributed by atoms with Gasteiger partial charge in [-0.3, -0.25) is 0 Å². The van der Waals surface area contributed by atoms with Crippen LogP contribution < -0.4 is 9.80 Å². The molecule has 0 aliphatic carbocycles. The molecule has 0 aliphatic heterocycles. The normalized spacial score (nSPS) is 12.1. The van der Waals surface area contributed by atoms with Crippen molar-refractivity contribution in [1.29, 1.82) is 0 Å². The first kappa shape index (κ1) is 23.0. The molecule has 29 heavy (non-hydrogen) atoms. The Labute approximate surface area is 177 Å². The minimum Gasteiger partial charge on any atom is -0.378 e. The van der Waals surface area contributed by atoms with Crippen LogP contribution in [0.3, 0.4) is 0 Å². The number of unbranched alkanes of at least 4 members (excludes halogenated alkanes) is 4. The zero-order chi connectivity index (χ0) is 21.2. The van der Waals surface area contributed by atoms with Gasteiger partial charge in [0.15, 0.2) is 0 Å². The number of carbonyl (C=O) groups is 1. The number of hydrogen-bond donors (Lipinski definition) is 0. The molecule has 0 fully saturated rings. The Morgan fingerprint density at radius 3 is 1.55 bits per heavy atom. The van der Waals surface area contributed by atoms with E-state index in [2.05, 4.69) is 93.4 Å². The van der Waals surface area contributed by atoms with Crippen molar-refractivity contribution >= 4 is 17.7 Å². The summed E-state index contributed by atoms with van der Waals surface area (Å²) >= 11 is 0. The van der Waals surface area contributed by atoms with E-state index in [1.807, 2.05) is 0 Å². The Bertz CT molecular complexity index is 668.